The molecule has 2 aromatic heterocycles. The van der Waals surface area contributed by atoms with Gasteiger partial charge in [-0.05, 0) is 44.0 Å². The zero-order chi connectivity index (χ0) is 14.1. The van der Waals surface area contributed by atoms with Crippen LogP contribution in [0.1, 0.15) is 15.9 Å². The molecule has 0 atom stereocenters. The molecule has 0 radical (unpaired) electrons. The summed E-state index contributed by atoms with van der Waals surface area (Å²) in [6, 6.07) is 3.86. The van der Waals surface area contributed by atoms with Crippen LogP contribution in [0, 0.1) is 0 Å². The van der Waals surface area contributed by atoms with E-state index < -0.39 is 0 Å². The summed E-state index contributed by atoms with van der Waals surface area (Å²) in [6.45, 7) is 0.444. The Kier molecular flexibility index (Phi) is 3.62. The molecule has 7 heteroatoms. The van der Waals surface area contributed by atoms with E-state index in [1.165, 1.54) is 0 Å². The first-order valence-corrected chi connectivity index (χ1v) is 7.46. The number of carbonyl (C=O) groups is 1. The zero-order valence-corrected chi connectivity index (χ0v) is 13.4. The van der Waals surface area contributed by atoms with Gasteiger partial charge >= 0.3 is 0 Å². The molecule has 2 heterocycles. The minimum Gasteiger partial charge on any atom is -0.360 e. The van der Waals surface area contributed by atoms with Crippen LogP contribution >= 0.6 is 31.9 Å². The standard InChI is InChI=1S/C13H10Br2N4O/c14-10-1-8-9(6-16-12(8)2-11(10)15)13(20)17-3-7-4-18-19-5-7/h1-2,4-6,16H,3H2,(H,17,20)(H,18,19). The Morgan fingerprint density at radius 2 is 2.05 bits per heavy atom. The first-order chi connectivity index (χ1) is 9.65. The van der Waals surface area contributed by atoms with Crippen molar-refractivity contribution in [3.8, 4) is 0 Å². The van der Waals surface area contributed by atoms with E-state index in [2.05, 4.69) is 52.4 Å². The summed E-state index contributed by atoms with van der Waals surface area (Å²) in [4.78, 5) is 15.3. The van der Waals surface area contributed by atoms with E-state index in [9.17, 15) is 4.79 Å². The molecule has 3 aromatic rings. The van der Waals surface area contributed by atoms with Crippen molar-refractivity contribution in [1.82, 2.24) is 20.5 Å². The van der Waals surface area contributed by atoms with Gasteiger partial charge in [-0.25, -0.2) is 0 Å². The number of nitrogens with zero attached hydrogens (tertiary/aromatic N) is 1. The van der Waals surface area contributed by atoms with E-state index >= 15 is 0 Å². The largest absolute Gasteiger partial charge is 0.360 e. The number of aromatic amines is 2. The number of amides is 1. The van der Waals surface area contributed by atoms with Crippen LogP contribution in [0.4, 0.5) is 0 Å². The predicted molar refractivity (Wildman–Crippen MR) is 83.5 cm³/mol. The van der Waals surface area contributed by atoms with Crippen LogP contribution in [0.5, 0.6) is 0 Å². The predicted octanol–water partition coefficient (Wildman–Crippen LogP) is 3.35. The Hall–Kier alpha value is -1.60. The third kappa shape index (κ3) is 2.51. The highest BCUT2D eigenvalue weighted by Gasteiger charge is 2.13. The fourth-order valence-corrected chi connectivity index (χ4v) is 2.64. The lowest BCUT2D eigenvalue weighted by molar-refractivity contribution is 0.0952. The number of benzene rings is 1. The van der Waals surface area contributed by atoms with Gasteiger partial charge in [0.15, 0.2) is 0 Å². The Morgan fingerprint density at radius 3 is 2.80 bits per heavy atom. The normalized spacial score (nSPS) is 10.9. The van der Waals surface area contributed by atoms with Crippen LogP contribution < -0.4 is 5.32 Å². The van der Waals surface area contributed by atoms with Gasteiger partial charge in [-0.3, -0.25) is 9.89 Å². The molecule has 0 bridgehead atoms. The van der Waals surface area contributed by atoms with Gasteiger partial charge in [-0.2, -0.15) is 5.10 Å². The van der Waals surface area contributed by atoms with Crippen LogP contribution in [0.3, 0.4) is 0 Å². The lowest BCUT2D eigenvalue weighted by Crippen LogP contribution is -2.22. The summed E-state index contributed by atoms with van der Waals surface area (Å²) in [7, 11) is 0. The quantitative estimate of drug-likeness (QED) is 0.634. The monoisotopic (exact) mass is 396 g/mol. The average molecular weight is 398 g/mol. The third-order valence-corrected chi connectivity index (χ3v) is 4.82. The van der Waals surface area contributed by atoms with E-state index in [4.69, 9.17) is 0 Å². The van der Waals surface area contributed by atoms with Gasteiger partial charge in [0.25, 0.3) is 5.91 Å². The topological polar surface area (TPSA) is 73.6 Å². The molecular weight excluding hydrogens is 388 g/mol. The summed E-state index contributed by atoms with van der Waals surface area (Å²) >= 11 is 6.89. The SMILES string of the molecule is O=C(NCc1cn[nH]c1)c1c[nH]c2cc(Br)c(Br)cc12. The van der Waals surface area contributed by atoms with Gasteiger partial charge in [0.05, 0.1) is 11.8 Å². The maximum absolute atomic E-state index is 12.2. The molecule has 5 nitrogen and oxygen atoms in total. The number of hydrogen-bond donors (Lipinski definition) is 3. The first-order valence-electron chi connectivity index (χ1n) is 5.87. The van der Waals surface area contributed by atoms with Gasteiger partial charge in [0, 0.05) is 44.4 Å². The fourth-order valence-electron chi connectivity index (χ4n) is 1.96. The van der Waals surface area contributed by atoms with Crippen molar-refractivity contribution in [2.24, 2.45) is 0 Å². The fraction of sp³-hybridized carbons (Fsp3) is 0.0769. The molecule has 0 saturated carbocycles. The smallest absolute Gasteiger partial charge is 0.253 e. The molecule has 0 aliphatic heterocycles. The molecule has 3 rings (SSSR count). The van der Waals surface area contributed by atoms with Crippen LogP contribution in [0.25, 0.3) is 10.9 Å². The molecule has 1 amide bonds. The van der Waals surface area contributed by atoms with Gasteiger partial charge in [0.1, 0.15) is 0 Å². The van der Waals surface area contributed by atoms with E-state index in [0.717, 1.165) is 25.4 Å². The summed E-state index contributed by atoms with van der Waals surface area (Å²) < 4.78 is 1.85. The first kappa shape index (κ1) is 13.4. The Morgan fingerprint density at radius 1 is 1.25 bits per heavy atom. The third-order valence-electron chi connectivity index (χ3n) is 2.98. The molecule has 0 unspecified atom stereocenters. The second-order valence-electron chi connectivity index (χ2n) is 4.30. The summed E-state index contributed by atoms with van der Waals surface area (Å²) in [5, 5.41) is 10.3. The molecule has 0 spiro atoms. The molecule has 1 aromatic carbocycles. The van der Waals surface area contributed by atoms with Crippen molar-refractivity contribution in [2.45, 2.75) is 6.54 Å². The van der Waals surface area contributed by atoms with Crippen molar-refractivity contribution in [3.05, 3.63) is 50.8 Å². The van der Waals surface area contributed by atoms with Gasteiger partial charge in [-0.15, -0.1) is 0 Å². The number of halogens is 2. The molecule has 0 saturated heterocycles. The molecule has 0 aliphatic carbocycles. The second-order valence-corrected chi connectivity index (χ2v) is 6.01. The lowest BCUT2D eigenvalue weighted by Gasteiger charge is -2.03. The van der Waals surface area contributed by atoms with Crippen LogP contribution in [-0.4, -0.2) is 21.1 Å². The van der Waals surface area contributed by atoms with Crippen LogP contribution in [0.15, 0.2) is 39.7 Å². The molecule has 102 valence electrons. The van der Waals surface area contributed by atoms with Crippen molar-refractivity contribution < 1.29 is 4.79 Å². The number of fused-ring (bicyclic) bond motifs is 1. The zero-order valence-electron chi connectivity index (χ0n) is 10.2. The Labute approximate surface area is 131 Å². The van der Waals surface area contributed by atoms with Crippen LogP contribution in [0.2, 0.25) is 0 Å². The van der Waals surface area contributed by atoms with Crippen molar-refractivity contribution in [1.29, 1.82) is 0 Å². The molecule has 0 aliphatic rings. The average Bonchev–Trinajstić information content (AvgIpc) is 3.06. The second kappa shape index (κ2) is 5.41. The summed E-state index contributed by atoms with van der Waals surface area (Å²) in [6.07, 6.45) is 5.15. The minimum atomic E-state index is -0.119. The minimum absolute atomic E-state index is 0.119. The van der Waals surface area contributed by atoms with Crippen molar-refractivity contribution in [3.63, 3.8) is 0 Å². The van der Waals surface area contributed by atoms with Crippen molar-refractivity contribution >= 4 is 48.7 Å². The maximum atomic E-state index is 12.2. The Bertz CT molecular complexity index is 764. The summed E-state index contributed by atoms with van der Waals surface area (Å²) in [5.41, 5.74) is 2.47. The highest BCUT2D eigenvalue weighted by atomic mass is 79.9. The van der Waals surface area contributed by atoms with Crippen LogP contribution in [-0.2, 0) is 6.54 Å². The molecule has 20 heavy (non-hydrogen) atoms. The molecular formula is C13H10Br2N4O. The number of rotatable bonds is 3. The number of H-pyrrole nitrogens is 2. The number of aromatic nitrogens is 3. The van der Waals surface area contributed by atoms with Gasteiger partial charge < -0.3 is 10.3 Å². The summed E-state index contributed by atoms with van der Waals surface area (Å²) in [5.74, 6) is -0.119. The van der Waals surface area contributed by atoms with E-state index in [1.54, 1.807) is 18.6 Å². The highest BCUT2D eigenvalue weighted by molar-refractivity contribution is 9.13. The number of nitrogens with one attached hydrogen (secondary N) is 3. The highest BCUT2D eigenvalue weighted by Crippen LogP contribution is 2.30. The van der Waals surface area contributed by atoms with E-state index in [-0.39, 0.29) is 5.91 Å². The maximum Gasteiger partial charge on any atom is 0.253 e. The van der Waals surface area contributed by atoms with E-state index in [1.807, 2.05) is 12.1 Å². The Balaban J connectivity index is 1.86. The molecule has 3 N–H and O–H groups in total. The van der Waals surface area contributed by atoms with E-state index in [0.29, 0.717) is 12.1 Å². The van der Waals surface area contributed by atoms with Crippen molar-refractivity contribution in [2.75, 3.05) is 0 Å². The number of carbonyl (C=O) groups excluding carboxylic acids is 1. The lowest BCUT2D eigenvalue weighted by atomic mass is 10.1. The number of hydrogen-bond acceptors (Lipinski definition) is 2. The molecule has 0 fully saturated rings. The van der Waals surface area contributed by atoms with Gasteiger partial charge in [0.2, 0.25) is 0 Å². The van der Waals surface area contributed by atoms with Gasteiger partial charge in [-0.1, -0.05) is 0 Å².